The number of thioether (sulfide) groups is 1. The van der Waals surface area contributed by atoms with Crippen LogP contribution in [0.25, 0.3) is 16.4 Å². The maximum absolute atomic E-state index is 12.4. The van der Waals surface area contributed by atoms with Crippen LogP contribution in [-0.2, 0) is 4.79 Å². The lowest BCUT2D eigenvalue weighted by atomic mass is 10.2. The molecule has 2 heterocycles. The molecule has 0 aliphatic heterocycles. The highest BCUT2D eigenvalue weighted by molar-refractivity contribution is 7.99. The Labute approximate surface area is 191 Å². The molecule has 4 rings (SSSR count). The average molecular weight is 470 g/mol. The van der Waals surface area contributed by atoms with E-state index in [9.17, 15) is 9.59 Å². The molecule has 0 aliphatic rings. The Morgan fingerprint density at radius 3 is 2.45 bits per heavy atom. The van der Waals surface area contributed by atoms with E-state index in [0.29, 0.717) is 27.3 Å². The number of thiophene rings is 1. The van der Waals surface area contributed by atoms with Crippen molar-refractivity contribution in [2.24, 2.45) is 5.73 Å². The number of hydrogen-bond donors (Lipinski definition) is 2. The number of halogens is 1. The van der Waals surface area contributed by atoms with E-state index in [2.05, 4.69) is 15.5 Å². The predicted molar refractivity (Wildman–Crippen MR) is 124 cm³/mol. The monoisotopic (exact) mass is 469 g/mol. The normalized spacial score (nSPS) is 10.7. The van der Waals surface area contributed by atoms with Crippen molar-refractivity contribution in [3.05, 3.63) is 76.6 Å². The van der Waals surface area contributed by atoms with Crippen molar-refractivity contribution in [2.75, 3.05) is 11.1 Å². The summed E-state index contributed by atoms with van der Waals surface area (Å²) < 4.78 is 1.90. The molecule has 2 aromatic carbocycles. The number of nitrogens with one attached hydrogen (secondary N) is 1. The van der Waals surface area contributed by atoms with Crippen molar-refractivity contribution in [1.82, 2.24) is 14.8 Å². The molecule has 156 valence electrons. The third-order valence-corrected chi connectivity index (χ3v) is 6.29. The van der Waals surface area contributed by atoms with Gasteiger partial charge in [0.25, 0.3) is 0 Å². The SMILES string of the molecule is NC(=O)c1ccc(NC(=O)CSc2nnc(-c3cccs3)n2-c2ccc(Cl)cc2)cc1. The summed E-state index contributed by atoms with van der Waals surface area (Å²) in [4.78, 5) is 24.6. The second-order valence-corrected chi connectivity index (χ2v) is 8.70. The molecule has 10 heteroatoms. The largest absolute Gasteiger partial charge is 0.366 e. The fourth-order valence-electron chi connectivity index (χ4n) is 2.80. The number of benzene rings is 2. The number of nitrogens with zero attached hydrogens (tertiary/aromatic N) is 3. The molecule has 0 bridgehead atoms. The van der Waals surface area contributed by atoms with Gasteiger partial charge in [-0.2, -0.15) is 0 Å². The Balaban J connectivity index is 1.52. The summed E-state index contributed by atoms with van der Waals surface area (Å²) in [7, 11) is 0. The highest BCUT2D eigenvalue weighted by Crippen LogP contribution is 2.31. The van der Waals surface area contributed by atoms with Gasteiger partial charge in [-0.1, -0.05) is 29.4 Å². The van der Waals surface area contributed by atoms with E-state index in [4.69, 9.17) is 17.3 Å². The van der Waals surface area contributed by atoms with Gasteiger partial charge in [-0.15, -0.1) is 21.5 Å². The van der Waals surface area contributed by atoms with Gasteiger partial charge >= 0.3 is 0 Å². The van der Waals surface area contributed by atoms with Crippen LogP contribution in [0.4, 0.5) is 5.69 Å². The highest BCUT2D eigenvalue weighted by Gasteiger charge is 2.18. The molecule has 0 spiro atoms. The smallest absolute Gasteiger partial charge is 0.248 e. The summed E-state index contributed by atoms with van der Waals surface area (Å²) in [6.07, 6.45) is 0. The second-order valence-electron chi connectivity index (χ2n) is 6.37. The second kappa shape index (κ2) is 9.34. The number of primary amides is 1. The first kappa shape index (κ1) is 21.1. The predicted octanol–water partition coefficient (Wildman–Crippen LogP) is 4.48. The highest BCUT2D eigenvalue weighted by atomic mass is 35.5. The van der Waals surface area contributed by atoms with Crippen molar-refractivity contribution >= 4 is 52.2 Å². The number of carbonyl (C=O) groups is 2. The maximum atomic E-state index is 12.4. The molecule has 2 amide bonds. The molecular weight excluding hydrogens is 454 g/mol. The van der Waals surface area contributed by atoms with Gasteiger partial charge in [0.05, 0.1) is 10.6 Å². The first-order valence-electron chi connectivity index (χ1n) is 9.09. The van der Waals surface area contributed by atoms with E-state index in [1.165, 1.54) is 11.8 Å². The minimum Gasteiger partial charge on any atom is -0.366 e. The lowest BCUT2D eigenvalue weighted by Crippen LogP contribution is -2.15. The zero-order valence-corrected chi connectivity index (χ0v) is 18.4. The Morgan fingerprint density at radius 2 is 1.81 bits per heavy atom. The summed E-state index contributed by atoms with van der Waals surface area (Å²) >= 11 is 8.87. The molecule has 2 aromatic heterocycles. The molecule has 0 aliphatic carbocycles. The van der Waals surface area contributed by atoms with Crippen LogP contribution in [0.3, 0.4) is 0 Å². The standard InChI is InChI=1S/C21H16ClN5O2S2/c22-14-5-9-16(10-6-14)27-20(17-2-1-11-30-17)25-26-21(27)31-12-18(28)24-15-7-3-13(4-8-15)19(23)29/h1-11H,12H2,(H2,23,29)(H,24,28). The van der Waals surface area contributed by atoms with Crippen LogP contribution in [0, 0.1) is 0 Å². The maximum Gasteiger partial charge on any atom is 0.248 e. The number of amides is 2. The Morgan fingerprint density at radius 1 is 1.06 bits per heavy atom. The van der Waals surface area contributed by atoms with E-state index < -0.39 is 5.91 Å². The molecule has 0 unspecified atom stereocenters. The molecule has 0 atom stereocenters. The van der Waals surface area contributed by atoms with Crippen LogP contribution < -0.4 is 11.1 Å². The first-order valence-corrected chi connectivity index (χ1v) is 11.3. The number of carbonyl (C=O) groups excluding carboxylic acids is 2. The van der Waals surface area contributed by atoms with E-state index >= 15 is 0 Å². The fraction of sp³-hybridized carbons (Fsp3) is 0.0476. The van der Waals surface area contributed by atoms with Crippen molar-refractivity contribution in [2.45, 2.75) is 5.16 Å². The van der Waals surface area contributed by atoms with Gasteiger partial charge in [-0.25, -0.2) is 0 Å². The van der Waals surface area contributed by atoms with E-state index in [1.807, 2.05) is 34.2 Å². The van der Waals surface area contributed by atoms with Gasteiger partial charge in [0.15, 0.2) is 11.0 Å². The van der Waals surface area contributed by atoms with Crippen LogP contribution in [0.1, 0.15) is 10.4 Å². The topological polar surface area (TPSA) is 103 Å². The molecule has 0 saturated heterocycles. The first-order chi connectivity index (χ1) is 15.0. The van der Waals surface area contributed by atoms with Crippen molar-refractivity contribution in [3.8, 4) is 16.4 Å². The third-order valence-electron chi connectivity index (χ3n) is 4.25. The summed E-state index contributed by atoms with van der Waals surface area (Å²) in [5.41, 5.74) is 7.04. The minimum atomic E-state index is -0.517. The quantitative estimate of drug-likeness (QED) is 0.388. The van der Waals surface area contributed by atoms with Gasteiger partial charge < -0.3 is 11.1 Å². The van der Waals surface area contributed by atoms with Crippen LogP contribution >= 0.6 is 34.7 Å². The van der Waals surface area contributed by atoms with Crippen molar-refractivity contribution < 1.29 is 9.59 Å². The zero-order chi connectivity index (χ0) is 21.8. The van der Waals surface area contributed by atoms with Gasteiger partial charge in [0.2, 0.25) is 11.8 Å². The lowest BCUT2D eigenvalue weighted by Gasteiger charge is -2.10. The lowest BCUT2D eigenvalue weighted by molar-refractivity contribution is -0.113. The molecule has 7 nitrogen and oxygen atoms in total. The molecule has 4 aromatic rings. The number of rotatable bonds is 7. The molecule has 31 heavy (non-hydrogen) atoms. The summed E-state index contributed by atoms with van der Waals surface area (Å²) in [6.45, 7) is 0. The van der Waals surface area contributed by atoms with Gasteiger partial charge in [-0.3, -0.25) is 14.2 Å². The molecule has 0 fully saturated rings. The summed E-state index contributed by atoms with van der Waals surface area (Å²) in [5, 5.41) is 14.6. The zero-order valence-electron chi connectivity index (χ0n) is 16.0. The minimum absolute atomic E-state index is 0.133. The molecule has 3 N–H and O–H groups in total. The molecular formula is C21H16ClN5O2S2. The number of anilines is 1. The molecule has 0 saturated carbocycles. The average Bonchev–Trinajstić information content (AvgIpc) is 3.43. The van der Waals surface area contributed by atoms with Crippen LogP contribution in [0.5, 0.6) is 0 Å². The summed E-state index contributed by atoms with van der Waals surface area (Å²) in [6, 6.07) is 17.7. The van der Waals surface area contributed by atoms with E-state index in [0.717, 1.165) is 10.6 Å². The number of nitrogens with two attached hydrogens (primary N) is 1. The van der Waals surface area contributed by atoms with Crippen LogP contribution in [0.15, 0.2) is 71.2 Å². The summed E-state index contributed by atoms with van der Waals surface area (Å²) in [5.74, 6) is 0.104. The Kier molecular flexibility index (Phi) is 6.36. The van der Waals surface area contributed by atoms with E-state index in [-0.39, 0.29) is 11.7 Å². The number of hydrogen-bond acceptors (Lipinski definition) is 6. The van der Waals surface area contributed by atoms with Gasteiger partial charge in [0, 0.05) is 22.0 Å². The number of aromatic nitrogens is 3. The molecule has 0 radical (unpaired) electrons. The Hall–Kier alpha value is -3.14. The van der Waals surface area contributed by atoms with Crippen LogP contribution in [-0.4, -0.2) is 32.3 Å². The van der Waals surface area contributed by atoms with Gasteiger partial charge in [0.1, 0.15) is 0 Å². The van der Waals surface area contributed by atoms with Crippen molar-refractivity contribution in [3.63, 3.8) is 0 Å². The fourth-order valence-corrected chi connectivity index (χ4v) is 4.37. The van der Waals surface area contributed by atoms with Crippen LogP contribution in [0.2, 0.25) is 5.02 Å². The third kappa shape index (κ3) is 4.96. The van der Waals surface area contributed by atoms with E-state index in [1.54, 1.807) is 47.7 Å². The Bertz CT molecular complexity index is 1210. The van der Waals surface area contributed by atoms with Gasteiger partial charge in [-0.05, 0) is 60.0 Å². The van der Waals surface area contributed by atoms with Crippen molar-refractivity contribution in [1.29, 1.82) is 0 Å².